The van der Waals surface area contributed by atoms with Crippen LogP contribution in [-0.2, 0) is 0 Å². The van der Waals surface area contributed by atoms with Gasteiger partial charge in [-0.15, -0.1) is 0 Å². The highest BCUT2D eigenvalue weighted by Crippen LogP contribution is 1.97. The van der Waals surface area contributed by atoms with Gasteiger partial charge in [0.25, 0.3) is 6.43 Å². The molecule has 0 aromatic heterocycles. The van der Waals surface area contributed by atoms with Crippen molar-refractivity contribution >= 4 is 0 Å². The Labute approximate surface area is 66.1 Å². The first-order valence-corrected chi connectivity index (χ1v) is 3.78. The molecule has 0 aliphatic heterocycles. The van der Waals surface area contributed by atoms with Crippen LogP contribution in [0.25, 0.3) is 0 Å². The Balaban J connectivity index is 3.24. The van der Waals surface area contributed by atoms with E-state index >= 15 is 0 Å². The molecule has 0 aromatic carbocycles. The smallest absolute Gasteiger partial charge is 0.250 e. The molecule has 0 bridgehead atoms. The van der Waals surface area contributed by atoms with E-state index in [1.165, 1.54) is 0 Å². The van der Waals surface area contributed by atoms with Crippen molar-refractivity contribution in [2.75, 3.05) is 13.1 Å². The molecule has 2 nitrogen and oxygen atoms in total. The first-order valence-electron chi connectivity index (χ1n) is 3.78. The highest BCUT2D eigenvalue weighted by Gasteiger charge is 2.07. The number of nitrogens with two attached hydrogens (primary N) is 1. The van der Waals surface area contributed by atoms with Crippen LogP contribution in [0.1, 0.15) is 13.8 Å². The minimum Gasteiger partial charge on any atom is -0.328 e. The summed E-state index contributed by atoms with van der Waals surface area (Å²) in [6.45, 7) is 4.12. The molecule has 0 spiro atoms. The summed E-state index contributed by atoms with van der Waals surface area (Å²) in [5.41, 5.74) is 5.53. The SMILES string of the molecule is CC(N)C(C)CNCC(F)F. The van der Waals surface area contributed by atoms with Crippen LogP contribution >= 0.6 is 0 Å². The van der Waals surface area contributed by atoms with Crippen LogP contribution in [0, 0.1) is 5.92 Å². The average molecular weight is 166 g/mol. The van der Waals surface area contributed by atoms with Gasteiger partial charge >= 0.3 is 0 Å². The van der Waals surface area contributed by atoms with E-state index in [9.17, 15) is 8.78 Å². The maximum atomic E-state index is 11.6. The van der Waals surface area contributed by atoms with Gasteiger partial charge in [0.05, 0.1) is 6.54 Å². The Kier molecular flexibility index (Phi) is 5.32. The van der Waals surface area contributed by atoms with Gasteiger partial charge in [0.2, 0.25) is 0 Å². The molecule has 0 aromatic rings. The predicted octanol–water partition coefficient (Wildman–Crippen LogP) is 0.824. The molecular weight excluding hydrogens is 150 g/mol. The van der Waals surface area contributed by atoms with Gasteiger partial charge in [0, 0.05) is 6.04 Å². The topological polar surface area (TPSA) is 38.0 Å². The molecule has 4 heteroatoms. The molecule has 0 rings (SSSR count). The van der Waals surface area contributed by atoms with E-state index in [-0.39, 0.29) is 18.5 Å². The van der Waals surface area contributed by atoms with Crippen LogP contribution in [0.5, 0.6) is 0 Å². The van der Waals surface area contributed by atoms with Gasteiger partial charge in [0.15, 0.2) is 0 Å². The number of rotatable bonds is 5. The lowest BCUT2D eigenvalue weighted by Crippen LogP contribution is -2.34. The summed E-state index contributed by atoms with van der Waals surface area (Å²) in [5, 5.41) is 2.64. The fourth-order valence-electron chi connectivity index (χ4n) is 0.606. The molecule has 0 fully saturated rings. The van der Waals surface area contributed by atoms with Gasteiger partial charge in [-0.25, -0.2) is 8.78 Å². The van der Waals surface area contributed by atoms with Crippen LogP contribution in [0.3, 0.4) is 0 Å². The third kappa shape index (κ3) is 6.19. The molecular formula is C7H16F2N2. The van der Waals surface area contributed by atoms with Crippen LogP contribution < -0.4 is 11.1 Å². The second-order valence-corrected chi connectivity index (χ2v) is 2.89. The first-order chi connectivity index (χ1) is 5.04. The Bertz CT molecular complexity index is 96.4. The molecule has 0 saturated carbocycles. The van der Waals surface area contributed by atoms with E-state index in [0.717, 1.165) is 0 Å². The lowest BCUT2D eigenvalue weighted by atomic mass is 10.1. The molecule has 11 heavy (non-hydrogen) atoms. The van der Waals surface area contributed by atoms with Gasteiger partial charge in [-0.3, -0.25) is 0 Å². The van der Waals surface area contributed by atoms with E-state index in [2.05, 4.69) is 5.32 Å². The largest absolute Gasteiger partial charge is 0.328 e. The summed E-state index contributed by atoms with van der Waals surface area (Å²) in [7, 11) is 0. The molecule has 3 N–H and O–H groups in total. The lowest BCUT2D eigenvalue weighted by Gasteiger charge is -2.15. The van der Waals surface area contributed by atoms with E-state index in [0.29, 0.717) is 6.54 Å². The third-order valence-electron chi connectivity index (χ3n) is 1.66. The van der Waals surface area contributed by atoms with Gasteiger partial charge in [-0.2, -0.15) is 0 Å². The minimum atomic E-state index is -2.27. The van der Waals surface area contributed by atoms with Gasteiger partial charge in [-0.1, -0.05) is 6.92 Å². The molecule has 0 saturated heterocycles. The summed E-state index contributed by atoms with van der Waals surface area (Å²) in [4.78, 5) is 0. The van der Waals surface area contributed by atoms with Crippen LogP contribution in [0.15, 0.2) is 0 Å². The second kappa shape index (κ2) is 5.43. The number of hydrogen-bond donors (Lipinski definition) is 2. The van der Waals surface area contributed by atoms with Crippen molar-refractivity contribution in [3.05, 3.63) is 0 Å². The molecule has 2 unspecified atom stereocenters. The zero-order valence-electron chi connectivity index (χ0n) is 6.98. The Hall–Kier alpha value is -0.220. The van der Waals surface area contributed by atoms with Crippen molar-refractivity contribution in [3.8, 4) is 0 Å². The zero-order valence-corrected chi connectivity index (χ0v) is 6.98. The monoisotopic (exact) mass is 166 g/mol. The Morgan fingerprint density at radius 1 is 1.27 bits per heavy atom. The molecule has 0 aliphatic carbocycles. The van der Waals surface area contributed by atoms with E-state index < -0.39 is 6.43 Å². The molecule has 0 aliphatic rings. The summed E-state index contributed by atoms with van der Waals surface area (Å²) < 4.78 is 23.2. The molecule has 0 heterocycles. The highest BCUT2D eigenvalue weighted by molar-refractivity contribution is 4.65. The maximum absolute atomic E-state index is 11.6. The van der Waals surface area contributed by atoms with Crippen molar-refractivity contribution in [2.45, 2.75) is 26.3 Å². The second-order valence-electron chi connectivity index (χ2n) is 2.89. The number of halogens is 2. The first kappa shape index (κ1) is 10.8. The maximum Gasteiger partial charge on any atom is 0.250 e. The number of nitrogens with one attached hydrogen (secondary N) is 1. The van der Waals surface area contributed by atoms with Crippen LogP contribution in [0.4, 0.5) is 8.78 Å². The molecule has 0 radical (unpaired) electrons. The van der Waals surface area contributed by atoms with Crippen molar-refractivity contribution < 1.29 is 8.78 Å². The van der Waals surface area contributed by atoms with Gasteiger partial charge < -0.3 is 11.1 Å². The van der Waals surface area contributed by atoms with Crippen molar-refractivity contribution in [1.29, 1.82) is 0 Å². The summed E-state index contributed by atoms with van der Waals surface area (Å²) in [5.74, 6) is 0.244. The average Bonchev–Trinajstić information content (AvgIpc) is 1.86. The van der Waals surface area contributed by atoms with Gasteiger partial charge in [-0.05, 0) is 19.4 Å². The summed E-state index contributed by atoms with van der Waals surface area (Å²) >= 11 is 0. The van der Waals surface area contributed by atoms with Crippen molar-refractivity contribution in [2.24, 2.45) is 11.7 Å². The van der Waals surface area contributed by atoms with E-state index in [1.54, 1.807) is 0 Å². The Morgan fingerprint density at radius 3 is 2.18 bits per heavy atom. The zero-order chi connectivity index (χ0) is 8.85. The molecule has 0 amide bonds. The minimum absolute atomic E-state index is 0.0557. The van der Waals surface area contributed by atoms with Crippen LogP contribution in [0.2, 0.25) is 0 Å². The summed E-state index contributed by atoms with van der Waals surface area (Å²) in [6.07, 6.45) is -2.27. The lowest BCUT2D eigenvalue weighted by molar-refractivity contribution is 0.144. The Morgan fingerprint density at radius 2 is 1.82 bits per heavy atom. The standard InChI is InChI=1S/C7H16F2N2/c1-5(6(2)10)3-11-4-7(8)9/h5-7,11H,3-4,10H2,1-2H3. The quantitative estimate of drug-likeness (QED) is 0.634. The fourth-order valence-corrected chi connectivity index (χ4v) is 0.606. The van der Waals surface area contributed by atoms with E-state index in [1.807, 2.05) is 13.8 Å². The van der Waals surface area contributed by atoms with Crippen molar-refractivity contribution in [3.63, 3.8) is 0 Å². The predicted molar refractivity (Wildman–Crippen MR) is 41.7 cm³/mol. The van der Waals surface area contributed by atoms with Crippen molar-refractivity contribution in [1.82, 2.24) is 5.32 Å². The van der Waals surface area contributed by atoms with Gasteiger partial charge in [0.1, 0.15) is 0 Å². The summed E-state index contributed by atoms with van der Waals surface area (Å²) in [6, 6.07) is 0.0557. The highest BCUT2D eigenvalue weighted by atomic mass is 19.3. The van der Waals surface area contributed by atoms with Crippen LogP contribution in [-0.4, -0.2) is 25.6 Å². The molecule has 2 atom stereocenters. The third-order valence-corrected chi connectivity index (χ3v) is 1.66. The normalized spacial score (nSPS) is 16.9. The fraction of sp³-hybridized carbons (Fsp3) is 1.00. The number of hydrogen-bond acceptors (Lipinski definition) is 2. The van der Waals surface area contributed by atoms with E-state index in [4.69, 9.17) is 5.73 Å². The molecule has 68 valence electrons. The number of alkyl halides is 2.